The maximum absolute atomic E-state index is 12.1. The van der Waals surface area contributed by atoms with Crippen molar-refractivity contribution < 1.29 is 23.9 Å². The number of anilines is 2. The highest BCUT2D eigenvalue weighted by Crippen LogP contribution is 2.37. The minimum absolute atomic E-state index is 0.214. The minimum Gasteiger partial charge on any atom is -0.493 e. The summed E-state index contributed by atoms with van der Waals surface area (Å²) >= 11 is 9.37. The molecule has 3 aromatic rings. The molecule has 0 saturated carbocycles. The first-order valence-corrected chi connectivity index (χ1v) is 11.7. The van der Waals surface area contributed by atoms with Gasteiger partial charge in [-0.2, -0.15) is 5.10 Å². The number of hydrogen-bond donors (Lipinski definition) is 3. The summed E-state index contributed by atoms with van der Waals surface area (Å²) in [4.78, 5) is 35.2. The van der Waals surface area contributed by atoms with Gasteiger partial charge in [-0.25, -0.2) is 5.43 Å². The van der Waals surface area contributed by atoms with E-state index >= 15 is 0 Å². The Bertz CT molecular complexity index is 1280. The first-order valence-electron chi connectivity index (χ1n) is 10.5. The van der Waals surface area contributed by atoms with Crippen LogP contribution in [0.1, 0.15) is 18.1 Å². The van der Waals surface area contributed by atoms with Crippen LogP contribution in [0.15, 0.2) is 70.2 Å². The molecule has 0 fully saturated rings. The van der Waals surface area contributed by atoms with Crippen LogP contribution in [0.2, 0.25) is 5.02 Å². The Hall–Kier alpha value is -3.89. The second-order valence-electron chi connectivity index (χ2n) is 7.36. The summed E-state index contributed by atoms with van der Waals surface area (Å²) in [6.45, 7) is 1.70. The molecule has 0 aliphatic rings. The van der Waals surface area contributed by atoms with E-state index in [1.54, 1.807) is 48.5 Å². The van der Waals surface area contributed by atoms with Gasteiger partial charge in [0.05, 0.1) is 17.8 Å². The van der Waals surface area contributed by atoms with Crippen LogP contribution in [-0.2, 0) is 21.0 Å². The highest BCUT2D eigenvalue weighted by molar-refractivity contribution is 9.10. The van der Waals surface area contributed by atoms with E-state index in [4.69, 9.17) is 21.1 Å². The molecule has 3 aromatic carbocycles. The third-order valence-corrected chi connectivity index (χ3v) is 5.44. The molecular formula is C25H22BrClN4O5. The highest BCUT2D eigenvalue weighted by Gasteiger charge is 2.14. The number of hydrazone groups is 1. The second kappa shape index (κ2) is 12.7. The van der Waals surface area contributed by atoms with E-state index in [0.29, 0.717) is 44.5 Å². The maximum atomic E-state index is 12.1. The molecule has 186 valence electrons. The Balaban J connectivity index is 1.58. The topological polar surface area (TPSA) is 118 Å². The lowest BCUT2D eigenvalue weighted by Gasteiger charge is -2.13. The summed E-state index contributed by atoms with van der Waals surface area (Å²) in [6.07, 6.45) is 1.36. The Labute approximate surface area is 220 Å². The van der Waals surface area contributed by atoms with E-state index in [2.05, 4.69) is 37.1 Å². The van der Waals surface area contributed by atoms with E-state index in [1.807, 2.05) is 12.1 Å². The molecule has 0 unspecified atom stereocenters. The minimum atomic E-state index is -0.953. The summed E-state index contributed by atoms with van der Waals surface area (Å²) in [7, 11) is 1.51. The number of rotatable bonds is 8. The van der Waals surface area contributed by atoms with Gasteiger partial charge in [-0.1, -0.05) is 23.7 Å². The van der Waals surface area contributed by atoms with Crippen molar-refractivity contribution in [3.05, 3.63) is 81.3 Å². The molecule has 0 atom stereocenters. The van der Waals surface area contributed by atoms with Crippen molar-refractivity contribution in [2.24, 2.45) is 5.10 Å². The average Bonchev–Trinajstić information content (AvgIpc) is 2.85. The standard InChI is InChI=1S/C25H22BrClN4O5/c1-15(32)29-19-7-9-20(10-8-19)30-24(33)25(34)31-28-13-17-11-21(26)23(22(12-17)35-2)36-14-16-3-5-18(27)6-4-16/h3-13H,14H2,1-2H3,(H,29,32)(H,30,33)(H,31,34)/b28-13+. The molecule has 0 saturated heterocycles. The number of carbonyl (C=O) groups is 3. The Kier molecular flexibility index (Phi) is 9.43. The van der Waals surface area contributed by atoms with Gasteiger partial charge < -0.3 is 20.1 Å². The van der Waals surface area contributed by atoms with Gasteiger partial charge in [0.1, 0.15) is 6.61 Å². The van der Waals surface area contributed by atoms with Crippen LogP contribution in [0.3, 0.4) is 0 Å². The molecule has 3 N–H and O–H groups in total. The van der Waals surface area contributed by atoms with E-state index in [9.17, 15) is 14.4 Å². The van der Waals surface area contributed by atoms with Crippen LogP contribution in [0, 0.1) is 0 Å². The Morgan fingerprint density at radius 2 is 1.61 bits per heavy atom. The molecule has 0 aromatic heterocycles. The predicted molar refractivity (Wildman–Crippen MR) is 142 cm³/mol. The zero-order valence-electron chi connectivity index (χ0n) is 19.3. The van der Waals surface area contributed by atoms with Gasteiger partial charge in [-0.15, -0.1) is 0 Å². The first-order chi connectivity index (χ1) is 17.2. The molecule has 11 heteroatoms. The fraction of sp³-hybridized carbons (Fsp3) is 0.120. The Morgan fingerprint density at radius 1 is 0.972 bits per heavy atom. The number of halogens is 2. The highest BCUT2D eigenvalue weighted by atomic mass is 79.9. The molecule has 36 heavy (non-hydrogen) atoms. The summed E-state index contributed by atoms with van der Waals surface area (Å²) in [5.74, 6) is -1.12. The number of nitrogens with one attached hydrogen (secondary N) is 3. The lowest BCUT2D eigenvalue weighted by atomic mass is 10.2. The van der Waals surface area contributed by atoms with Crippen LogP contribution in [0.25, 0.3) is 0 Å². The number of carbonyl (C=O) groups excluding carboxylic acids is 3. The number of amides is 3. The van der Waals surface area contributed by atoms with Gasteiger partial charge in [0.2, 0.25) is 5.91 Å². The fourth-order valence-corrected chi connectivity index (χ4v) is 3.63. The molecule has 0 aliphatic carbocycles. The SMILES string of the molecule is COc1cc(/C=N/NC(=O)C(=O)Nc2ccc(NC(C)=O)cc2)cc(Br)c1OCc1ccc(Cl)cc1. The van der Waals surface area contributed by atoms with Crippen LogP contribution in [0.4, 0.5) is 11.4 Å². The average molecular weight is 574 g/mol. The number of ether oxygens (including phenoxy) is 2. The molecule has 3 rings (SSSR count). The summed E-state index contributed by atoms with van der Waals surface area (Å²) in [6, 6.07) is 17.0. The van der Waals surface area contributed by atoms with Gasteiger partial charge in [0, 0.05) is 23.3 Å². The van der Waals surface area contributed by atoms with Crippen LogP contribution < -0.4 is 25.5 Å². The van der Waals surface area contributed by atoms with Crippen molar-refractivity contribution in [3.63, 3.8) is 0 Å². The third-order valence-electron chi connectivity index (χ3n) is 4.60. The number of benzene rings is 3. The molecule has 0 heterocycles. The number of methoxy groups -OCH3 is 1. The van der Waals surface area contributed by atoms with Crippen molar-refractivity contribution in [1.29, 1.82) is 0 Å². The van der Waals surface area contributed by atoms with Crippen molar-refractivity contribution in [3.8, 4) is 11.5 Å². The number of nitrogens with zero attached hydrogens (tertiary/aromatic N) is 1. The van der Waals surface area contributed by atoms with Crippen LogP contribution >= 0.6 is 27.5 Å². The van der Waals surface area contributed by atoms with E-state index < -0.39 is 11.8 Å². The van der Waals surface area contributed by atoms with Crippen molar-refractivity contribution in [2.75, 3.05) is 17.7 Å². The lowest BCUT2D eigenvalue weighted by Crippen LogP contribution is -2.32. The maximum Gasteiger partial charge on any atom is 0.329 e. The lowest BCUT2D eigenvalue weighted by molar-refractivity contribution is -0.136. The van der Waals surface area contributed by atoms with E-state index in [0.717, 1.165) is 5.56 Å². The first kappa shape index (κ1) is 26.7. The summed E-state index contributed by atoms with van der Waals surface area (Å²) in [5, 5.41) is 9.53. The molecule has 0 aliphatic heterocycles. The van der Waals surface area contributed by atoms with Gasteiger partial charge in [-0.05, 0) is 75.6 Å². The predicted octanol–water partition coefficient (Wildman–Crippen LogP) is 4.74. The van der Waals surface area contributed by atoms with Crippen molar-refractivity contribution in [1.82, 2.24) is 5.43 Å². The number of hydrogen-bond acceptors (Lipinski definition) is 6. The van der Waals surface area contributed by atoms with Crippen LogP contribution in [0.5, 0.6) is 11.5 Å². The van der Waals surface area contributed by atoms with Gasteiger partial charge in [0.15, 0.2) is 11.5 Å². The van der Waals surface area contributed by atoms with E-state index in [1.165, 1.54) is 20.2 Å². The van der Waals surface area contributed by atoms with Gasteiger partial charge in [0.25, 0.3) is 0 Å². The van der Waals surface area contributed by atoms with Crippen molar-refractivity contribution >= 4 is 62.8 Å². The van der Waals surface area contributed by atoms with Crippen LogP contribution in [-0.4, -0.2) is 31.0 Å². The molecule has 3 amide bonds. The largest absolute Gasteiger partial charge is 0.493 e. The van der Waals surface area contributed by atoms with Gasteiger partial charge in [-0.3, -0.25) is 14.4 Å². The second-order valence-corrected chi connectivity index (χ2v) is 8.65. The quantitative estimate of drug-likeness (QED) is 0.204. The smallest absolute Gasteiger partial charge is 0.329 e. The molecule has 0 radical (unpaired) electrons. The Morgan fingerprint density at radius 3 is 2.22 bits per heavy atom. The monoisotopic (exact) mass is 572 g/mol. The van der Waals surface area contributed by atoms with Crippen molar-refractivity contribution in [2.45, 2.75) is 13.5 Å². The molecular weight excluding hydrogens is 552 g/mol. The molecule has 0 bridgehead atoms. The molecule has 9 nitrogen and oxygen atoms in total. The normalized spacial score (nSPS) is 10.6. The third kappa shape index (κ3) is 7.82. The fourth-order valence-electron chi connectivity index (χ4n) is 2.93. The van der Waals surface area contributed by atoms with E-state index in [-0.39, 0.29) is 5.91 Å². The molecule has 0 spiro atoms. The summed E-state index contributed by atoms with van der Waals surface area (Å²) < 4.78 is 11.9. The summed E-state index contributed by atoms with van der Waals surface area (Å²) in [5.41, 5.74) is 4.65. The zero-order valence-corrected chi connectivity index (χ0v) is 21.6. The zero-order chi connectivity index (χ0) is 26.1. The van der Waals surface area contributed by atoms with Gasteiger partial charge >= 0.3 is 11.8 Å².